The van der Waals surface area contributed by atoms with E-state index in [1.807, 2.05) is 60.0 Å². The van der Waals surface area contributed by atoms with E-state index in [0.717, 1.165) is 22.3 Å². The number of fused-ring (bicyclic) bond motifs is 1. The molecular weight excluding hydrogens is 424 g/mol. The predicted octanol–water partition coefficient (Wildman–Crippen LogP) is 2.72. The number of aromatic amines is 1. The molecule has 0 saturated carbocycles. The van der Waals surface area contributed by atoms with Gasteiger partial charge in [0.25, 0.3) is 11.8 Å². The molecule has 2 aromatic carbocycles. The molecule has 0 amide bonds. The van der Waals surface area contributed by atoms with Crippen molar-refractivity contribution in [1.82, 2.24) is 40.4 Å². The van der Waals surface area contributed by atoms with Crippen LogP contribution < -0.4 is 4.74 Å². The molecule has 5 rings (SSSR count). The van der Waals surface area contributed by atoms with E-state index >= 15 is 0 Å². The maximum Gasteiger partial charge on any atom is 0.264 e. The third kappa shape index (κ3) is 3.85. The van der Waals surface area contributed by atoms with Crippen LogP contribution in [0.5, 0.6) is 11.8 Å². The Kier molecular flexibility index (Phi) is 5.37. The van der Waals surface area contributed by atoms with Crippen molar-refractivity contribution in [2.75, 3.05) is 13.9 Å². The molecule has 166 valence electrons. The second kappa shape index (κ2) is 8.63. The molecule has 0 aliphatic carbocycles. The molecule has 0 aliphatic heterocycles. The number of hydrogen-bond donors (Lipinski definition) is 2. The van der Waals surface area contributed by atoms with Gasteiger partial charge in [-0.15, -0.1) is 15.3 Å². The molecule has 0 atom stereocenters. The molecule has 0 unspecified atom stereocenters. The van der Waals surface area contributed by atoms with Gasteiger partial charge in [0.15, 0.2) is 18.1 Å². The molecule has 0 aliphatic rings. The van der Waals surface area contributed by atoms with Gasteiger partial charge >= 0.3 is 0 Å². The zero-order valence-electron chi connectivity index (χ0n) is 17.9. The van der Waals surface area contributed by atoms with Crippen molar-refractivity contribution in [3.8, 4) is 34.3 Å². The van der Waals surface area contributed by atoms with Gasteiger partial charge in [-0.3, -0.25) is 0 Å². The van der Waals surface area contributed by atoms with E-state index in [2.05, 4.69) is 35.8 Å². The summed E-state index contributed by atoms with van der Waals surface area (Å²) in [6, 6.07) is 16.1. The Labute approximate surface area is 188 Å². The number of H-pyrrole nitrogens is 1. The number of aromatic nitrogens is 8. The summed E-state index contributed by atoms with van der Waals surface area (Å²) >= 11 is 0. The smallest absolute Gasteiger partial charge is 0.264 e. The standard InChI is InChI=1S/C22H20N8O3/c1-13-23-18-19(21(31)26-27-22(18)33-12-32-2)30(13)11-14-7-9-15(10-8-14)16-5-3-4-6-17(16)20-24-28-29-25-20/h3-10H,11-12H2,1-2H3,(H,26,31)(H,24,25,28,29). The first-order chi connectivity index (χ1) is 16.2. The van der Waals surface area contributed by atoms with Crippen LogP contribution in [0.3, 0.4) is 0 Å². The number of ether oxygens (including phenoxy) is 2. The Morgan fingerprint density at radius 3 is 2.52 bits per heavy atom. The number of benzene rings is 2. The molecule has 0 spiro atoms. The molecule has 3 aromatic heterocycles. The first kappa shape index (κ1) is 20.5. The second-order valence-corrected chi connectivity index (χ2v) is 7.31. The summed E-state index contributed by atoms with van der Waals surface area (Å²) < 4.78 is 12.3. The van der Waals surface area contributed by atoms with Crippen LogP contribution in [0.1, 0.15) is 11.4 Å². The number of tetrazole rings is 1. The van der Waals surface area contributed by atoms with Crippen LogP contribution in [0.25, 0.3) is 33.5 Å². The Morgan fingerprint density at radius 2 is 1.79 bits per heavy atom. The van der Waals surface area contributed by atoms with Gasteiger partial charge in [0.2, 0.25) is 0 Å². The van der Waals surface area contributed by atoms with Crippen molar-refractivity contribution in [3.05, 3.63) is 59.9 Å². The molecule has 0 bridgehead atoms. The molecule has 0 saturated heterocycles. The molecule has 2 N–H and O–H groups in total. The molecule has 0 fully saturated rings. The molecule has 11 heteroatoms. The maximum atomic E-state index is 10.4. The first-order valence-corrected chi connectivity index (χ1v) is 10.1. The van der Waals surface area contributed by atoms with E-state index in [1.54, 1.807) is 0 Å². The number of aryl methyl sites for hydroxylation is 1. The van der Waals surface area contributed by atoms with Crippen LogP contribution in [0.15, 0.2) is 48.5 Å². The summed E-state index contributed by atoms with van der Waals surface area (Å²) in [5, 5.41) is 32.3. The molecule has 5 aromatic rings. The zero-order chi connectivity index (χ0) is 22.8. The van der Waals surface area contributed by atoms with E-state index in [1.165, 1.54) is 7.11 Å². The Morgan fingerprint density at radius 1 is 1.00 bits per heavy atom. The van der Waals surface area contributed by atoms with Gasteiger partial charge in [-0.2, -0.15) is 0 Å². The van der Waals surface area contributed by atoms with Gasteiger partial charge in [-0.05, 0) is 34.0 Å². The minimum absolute atomic E-state index is 0.00747. The highest BCUT2D eigenvalue weighted by atomic mass is 16.7. The minimum atomic E-state index is -0.207. The van der Waals surface area contributed by atoms with Crippen LogP contribution in [0.4, 0.5) is 0 Å². The van der Waals surface area contributed by atoms with Gasteiger partial charge in [0, 0.05) is 19.2 Å². The lowest BCUT2D eigenvalue weighted by Gasteiger charge is -2.11. The van der Waals surface area contributed by atoms with Crippen molar-refractivity contribution in [2.45, 2.75) is 13.5 Å². The van der Waals surface area contributed by atoms with Crippen molar-refractivity contribution in [1.29, 1.82) is 0 Å². The third-order valence-corrected chi connectivity index (χ3v) is 5.26. The molecule has 0 radical (unpaired) electrons. The van der Waals surface area contributed by atoms with Crippen LogP contribution in [0, 0.1) is 6.92 Å². The maximum absolute atomic E-state index is 10.4. The van der Waals surface area contributed by atoms with Crippen LogP contribution in [0.2, 0.25) is 0 Å². The first-order valence-electron chi connectivity index (χ1n) is 10.1. The lowest BCUT2D eigenvalue weighted by Crippen LogP contribution is -2.04. The topological polar surface area (TPSA) is 137 Å². The molecule has 3 heterocycles. The number of rotatable bonds is 7. The number of imidazole rings is 1. The fourth-order valence-electron chi connectivity index (χ4n) is 3.72. The van der Waals surface area contributed by atoms with E-state index in [4.69, 9.17) is 9.47 Å². The normalized spacial score (nSPS) is 11.2. The van der Waals surface area contributed by atoms with Gasteiger partial charge in [0.1, 0.15) is 11.3 Å². The SMILES string of the molecule is COCOc1nnc(O)c2c1nc(C)n2Cc1ccc(-c2ccccc2-c2nnn[nH]2)cc1. The highest BCUT2D eigenvalue weighted by Gasteiger charge is 2.19. The van der Waals surface area contributed by atoms with E-state index in [0.29, 0.717) is 29.2 Å². The monoisotopic (exact) mass is 444 g/mol. The number of aromatic hydroxyl groups is 1. The Balaban J connectivity index is 1.47. The van der Waals surface area contributed by atoms with Crippen molar-refractivity contribution in [2.24, 2.45) is 0 Å². The minimum Gasteiger partial charge on any atom is -0.491 e. The largest absolute Gasteiger partial charge is 0.491 e. The van der Waals surface area contributed by atoms with Gasteiger partial charge in [0.05, 0.1) is 0 Å². The fraction of sp³-hybridized carbons (Fsp3) is 0.182. The van der Waals surface area contributed by atoms with E-state index < -0.39 is 0 Å². The highest BCUT2D eigenvalue weighted by molar-refractivity contribution is 5.84. The number of nitrogens with one attached hydrogen (secondary N) is 1. The third-order valence-electron chi connectivity index (χ3n) is 5.26. The van der Waals surface area contributed by atoms with Crippen LogP contribution in [-0.4, -0.2) is 59.4 Å². The van der Waals surface area contributed by atoms with Crippen LogP contribution in [-0.2, 0) is 11.3 Å². The summed E-state index contributed by atoms with van der Waals surface area (Å²) in [5.41, 5.74) is 4.88. The summed E-state index contributed by atoms with van der Waals surface area (Å²) in [7, 11) is 1.51. The van der Waals surface area contributed by atoms with Gasteiger partial charge in [-0.1, -0.05) is 48.5 Å². The molecular formula is C22H20N8O3. The predicted molar refractivity (Wildman–Crippen MR) is 118 cm³/mol. The Bertz CT molecular complexity index is 1400. The lowest BCUT2D eigenvalue weighted by atomic mass is 9.98. The van der Waals surface area contributed by atoms with Crippen LogP contribution >= 0.6 is 0 Å². The Hall–Kier alpha value is -4.38. The molecule has 33 heavy (non-hydrogen) atoms. The zero-order valence-corrected chi connectivity index (χ0v) is 17.9. The average molecular weight is 444 g/mol. The fourth-order valence-corrected chi connectivity index (χ4v) is 3.72. The number of nitrogens with zero attached hydrogens (tertiary/aromatic N) is 7. The van der Waals surface area contributed by atoms with Crippen molar-refractivity contribution < 1.29 is 14.6 Å². The van der Waals surface area contributed by atoms with Crippen molar-refractivity contribution >= 4 is 11.0 Å². The summed E-state index contributed by atoms with van der Waals surface area (Å²) in [6.45, 7) is 2.35. The average Bonchev–Trinajstić information content (AvgIpc) is 3.48. The van der Waals surface area contributed by atoms with Crippen molar-refractivity contribution in [3.63, 3.8) is 0 Å². The number of hydrogen-bond acceptors (Lipinski definition) is 9. The molecule has 11 nitrogen and oxygen atoms in total. The quantitative estimate of drug-likeness (QED) is 0.363. The summed E-state index contributed by atoms with van der Waals surface area (Å²) in [6.07, 6.45) is 0. The van der Waals surface area contributed by atoms with Gasteiger partial charge < -0.3 is 19.1 Å². The van der Waals surface area contributed by atoms with E-state index in [9.17, 15) is 5.11 Å². The lowest BCUT2D eigenvalue weighted by molar-refractivity contribution is 0.0481. The number of methoxy groups -OCH3 is 1. The summed E-state index contributed by atoms with van der Waals surface area (Å²) in [4.78, 5) is 4.53. The second-order valence-electron chi connectivity index (χ2n) is 7.31. The summed E-state index contributed by atoms with van der Waals surface area (Å²) in [5.74, 6) is 1.31. The van der Waals surface area contributed by atoms with Gasteiger partial charge in [-0.25, -0.2) is 10.1 Å². The van der Waals surface area contributed by atoms with E-state index in [-0.39, 0.29) is 18.6 Å². The highest BCUT2D eigenvalue weighted by Crippen LogP contribution is 2.32.